The maximum Gasteiger partial charge on any atom is 0.305 e. The predicted octanol–water partition coefficient (Wildman–Crippen LogP) is 5.27. The molecular formula is C19H20BrN3O2S. The summed E-state index contributed by atoms with van der Waals surface area (Å²) in [4.78, 5) is 22.1. The quantitative estimate of drug-likeness (QED) is 0.387. The van der Waals surface area contributed by atoms with Crippen molar-refractivity contribution in [3.05, 3.63) is 41.1 Å². The number of fused-ring (bicyclic) bond motifs is 1. The van der Waals surface area contributed by atoms with E-state index in [1.165, 1.54) is 7.11 Å². The van der Waals surface area contributed by atoms with Crippen LogP contribution in [0.1, 0.15) is 25.7 Å². The van der Waals surface area contributed by atoms with Gasteiger partial charge in [0.05, 0.1) is 17.4 Å². The fourth-order valence-electron chi connectivity index (χ4n) is 2.69. The van der Waals surface area contributed by atoms with E-state index in [-0.39, 0.29) is 5.97 Å². The molecule has 0 saturated heterocycles. The van der Waals surface area contributed by atoms with Crippen molar-refractivity contribution in [2.45, 2.75) is 25.7 Å². The number of unbranched alkanes of at least 4 members (excludes halogenated alkanes) is 2. The molecule has 0 amide bonds. The number of aromatic nitrogens is 2. The molecule has 0 unspecified atom stereocenters. The van der Waals surface area contributed by atoms with Crippen molar-refractivity contribution in [3.63, 3.8) is 0 Å². The van der Waals surface area contributed by atoms with Gasteiger partial charge in [0.2, 0.25) is 0 Å². The first-order chi connectivity index (χ1) is 12.7. The molecule has 0 aliphatic heterocycles. The predicted molar refractivity (Wildman–Crippen MR) is 110 cm³/mol. The molecule has 1 N–H and O–H groups in total. The maximum absolute atomic E-state index is 11.1. The summed E-state index contributed by atoms with van der Waals surface area (Å²) in [7, 11) is 1.42. The second kappa shape index (κ2) is 9.09. The lowest BCUT2D eigenvalue weighted by Gasteiger charge is -2.07. The van der Waals surface area contributed by atoms with Crippen molar-refractivity contribution in [2.24, 2.45) is 0 Å². The van der Waals surface area contributed by atoms with Crippen LogP contribution in [-0.2, 0) is 9.53 Å². The lowest BCUT2D eigenvalue weighted by Crippen LogP contribution is -2.05. The topological polar surface area (TPSA) is 64.1 Å². The number of carbonyl (C=O) groups is 1. The summed E-state index contributed by atoms with van der Waals surface area (Å²) < 4.78 is 5.68. The molecule has 7 heteroatoms. The fraction of sp³-hybridized carbons (Fsp3) is 0.316. The number of thiophene rings is 1. The highest BCUT2D eigenvalue weighted by atomic mass is 79.9. The van der Waals surface area contributed by atoms with E-state index in [0.717, 1.165) is 56.8 Å². The fourth-order valence-corrected chi connectivity index (χ4v) is 4.71. The van der Waals surface area contributed by atoms with Crippen molar-refractivity contribution in [3.8, 4) is 10.4 Å². The third kappa shape index (κ3) is 4.40. The third-order valence-corrected chi connectivity index (χ3v) is 6.25. The SMILES string of the molecule is COC(=O)CCCCCNc1ncnc2sc(-c3ccccc3)c(Br)c12. The largest absolute Gasteiger partial charge is 0.469 e. The Balaban J connectivity index is 1.68. The summed E-state index contributed by atoms with van der Waals surface area (Å²) in [5, 5.41) is 4.42. The number of hydrogen-bond acceptors (Lipinski definition) is 6. The van der Waals surface area contributed by atoms with Gasteiger partial charge in [-0.15, -0.1) is 11.3 Å². The molecule has 3 aromatic rings. The maximum atomic E-state index is 11.1. The second-order valence-electron chi connectivity index (χ2n) is 5.83. The molecule has 0 bridgehead atoms. The molecule has 0 spiro atoms. The highest BCUT2D eigenvalue weighted by Gasteiger charge is 2.16. The molecule has 0 aliphatic carbocycles. The van der Waals surface area contributed by atoms with Gasteiger partial charge in [0, 0.05) is 17.4 Å². The molecule has 0 fully saturated rings. The Morgan fingerprint density at radius 2 is 2.00 bits per heavy atom. The van der Waals surface area contributed by atoms with E-state index in [4.69, 9.17) is 0 Å². The van der Waals surface area contributed by atoms with Crippen LogP contribution in [0.4, 0.5) is 5.82 Å². The monoisotopic (exact) mass is 433 g/mol. The molecule has 2 aromatic heterocycles. The van der Waals surface area contributed by atoms with Gasteiger partial charge >= 0.3 is 5.97 Å². The number of nitrogens with one attached hydrogen (secondary N) is 1. The van der Waals surface area contributed by atoms with Gasteiger partial charge in [-0.25, -0.2) is 9.97 Å². The molecule has 136 valence electrons. The number of benzene rings is 1. The van der Waals surface area contributed by atoms with Gasteiger partial charge in [0.25, 0.3) is 0 Å². The smallest absolute Gasteiger partial charge is 0.305 e. The molecule has 1 aromatic carbocycles. The van der Waals surface area contributed by atoms with Crippen LogP contribution in [-0.4, -0.2) is 29.6 Å². The molecule has 0 saturated carbocycles. The van der Waals surface area contributed by atoms with Crippen molar-refractivity contribution in [1.82, 2.24) is 9.97 Å². The summed E-state index contributed by atoms with van der Waals surface area (Å²) in [6, 6.07) is 10.3. The van der Waals surface area contributed by atoms with Crippen LogP contribution in [0, 0.1) is 0 Å². The minimum absolute atomic E-state index is 0.147. The van der Waals surface area contributed by atoms with E-state index in [0.29, 0.717) is 6.42 Å². The zero-order valence-electron chi connectivity index (χ0n) is 14.5. The Morgan fingerprint density at radius 3 is 2.77 bits per heavy atom. The first-order valence-corrected chi connectivity index (χ1v) is 10.1. The highest BCUT2D eigenvalue weighted by Crippen LogP contribution is 2.43. The highest BCUT2D eigenvalue weighted by molar-refractivity contribution is 9.10. The van der Waals surface area contributed by atoms with Gasteiger partial charge in [-0.3, -0.25) is 4.79 Å². The van der Waals surface area contributed by atoms with Crippen LogP contribution in [0.25, 0.3) is 20.7 Å². The van der Waals surface area contributed by atoms with Gasteiger partial charge in [-0.05, 0) is 34.3 Å². The Labute approximate surface area is 164 Å². The Morgan fingerprint density at radius 1 is 1.19 bits per heavy atom. The summed E-state index contributed by atoms with van der Waals surface area (Å²) in [6.45, 7) is 0.802. The number of rotatable bonds is 8. The number of esters is 1. The summed E-state index contributed by atoms with van der Waals surface area (Å²) in [6.07, 6.45) is 4.85. The van der Waals surface area contributed by atoms with Crippen LogP contribution in [0.15, 0.2) is 41.1 Å². The van der Waals surface area contributed by atoms with Gasteiger partial charge in [0.1, 0.15) is 17.0 Å². The molecule has 5 nitrogen and oxygen atoms in total. The van der Waals surface area contributed by atoms with Crippen molar-refractivity contribution < 1.29 is 9.53 Å². The Bertz CT molecular complexity index is 883. The van der Waals surface area contributed by atoms with E-state index >= 15 is 0 Å². The van der Waals surface area contributed by atoms with Gasteiger partial charge in [-0.1, -0.05) is 36.8 Å². The van der Waals surface area contributed by atoms with Gasteiger partial charge in [0.15, 0.2) is 0 Å². The molecule has 0 aliphatic rings. The Kier molecular flexibility index (Phi) is 6.57. The number of methoxy groups -OCH3 is 1. The van der Waals surface area contributed by atoms with E-state index < -0.39 is 0 Å². The van der Waals surface area contributed by atoms with Crippen molar-refractivity contribution >= 4 is 49.3 Å². The van der Waals surface area contributed by atoms with Crippen LogP contribution in [0.3, 0.4) is 0 Å². The summed E-state index contributed by atoms with van der Waals surface area (Å²) in [5.74, 6) is 0.694. The zero-order chi connectivity index (χ0) is 18.4. The first kappa shape index (κ1) is 18.8. The van der Waals surface area contributed by atoms with E-state index in [1.807, 2.05) is 18.2 Å². The number of anilines is 1. The summed E-state index contributed by atoms with van der Waals surface area (Å²) >= 11 is 5.39. The molecule has 0 radical (unpaired) electrons. The minimum atomic E-state index is -0.147. The van der Waals surface area contributed by atoms with Gasteiger partial charge < -0.3 is 10.1 Å². The van der Waals surface area contributed by atoms with E-state index in [1.54, 1.807) is 17.7 Å². The lowest BCUT2D eigenvalue weighted by atomic mass is 10.2. The normalized spacial score (nSPS) is 10.8. The van der Waals surface area contributed by atoms with Crippen molar-refractivity contribution in [1.29, 1.82) is 0 Å². The molecule has 2 heterocycles. The molecule has 3 rings (SSSR count). The molecule has 0 atom stereocenters. The second-order valence-corrected chi connectivity index (χ2v) is 7.62. The third-order valence-electron chi connectivity index (χ3n) is 4.04. The number of halogens is 1. The lowest BCUT2D eigenvalue weighted by molar-refractivity contribution is -0.140. The van der Waals surface area contributed by atoms with Crippen LogP contribution < -0.4 is 5.32 Å². The molecule has 26 heavy (non-hydrogen) atoms. The first-order valence-electron chi connectivity index (χ1n) is 8.50. The standard InChI is InChI=1S/C19H20BrN3O2S/c1-25-14(24)10-6-3-7-11-21-18-15-16(20)17(13-8-4-2-5-9-13)26-19(15)23-12-22-18/h2,4-5,8-9,12H,3,6-7,10-11H2,1H3,(H,21,22,23). The van der Waals surface area contributed by atoms with Gasteiger partial charge in [-0.2, -0.15) is 0 Å². The number of ether oxygens (including phenoxy) is 1. The van der Waals surface area contributed by atoms with Crippen LogP contribution >= 0.6 is 27.3 Å². The Hall–Kier alpha value is -1.99. The number of carbonyl (C=O) groups excluding carboxylic acids is 1. The number of hydrogen-bond donors (Lipinski definition) is 1. The average molecular weight is 434 g/mol. The van der Waals surface area contributed by atoms with Crippen LogP contribution in [0.2, 0.25) is 0 Å². The van der Waals surface area contributed by atoms with Crippen molar-refractivity contribution in [2.75, 3.05) is 19.0 Å². The minimum Gasteiger partial charge on any atom is -0.469 e. The number of nitrogens with zero attached hydrogens (tertiary/aromatic N) is 2. The van der Waals surface area contributed by atoms with E-state index in [2.05, 4.69) is 48.1 Å². The molecular weight excluding hydrogens is 414 g/mol. The zero-order valence-corrected chi connectivity index (χ0v) is 16.9. The van der Waals surface area contributed by atoms with E-state index in [9.17, 15) is 4.79 Å². The van der Waals surface area contributed by atoms with Crippen LogP contribution in [0.5, 0.6) is 0 Å². The summed E-state index contributed by atoms with van der Waals surface area (Å²) in [5.41, 5.74) is 1.16. The average Bonchev–Trinajstić information content (AvgIpc) is 3.02.